The predicted octanol–water partition coefficient (Wildman–Crippen LogP) is 4.24. The minimum absolute atomic E-state index is 0.433. The van der Waals surface area contributed by atoms with Crippen molar-refractivity contribution in [2.75, 3.05) is 5.88 Å². The Morgan fingerprint density at radius 2 is 2.08 bits per heavy atom. The average molecular weight is 189 g/mol. The summed E-state index contributed by atoms with van der Waals surface area (Å²) in [5.74, 6) is 1.37. The molecular weight excluding hydrogens is 168 g/mol. The van der Waals surface area contributed by atoms with Crippen molar-refractivity contribution in [3.05, 3.63) is 12.7 Å². The van der Waals surface area contributed by atoms with Crippen LogP contribution < -0.4 is 0 Å². The van der Waals surface area contributed by atoms with Crippen LogP contribution in [0.25, 0.3) is 0 Å². The van der Waals surface area contributed by atoms with Crippen LogP contribution in [-0.2, 0) is 0 Å². The lowest BCUT2D eigenvalue weighted by Crippen LogP contribution is -2.16. The van der Waals surface area contributed by atoms with Crippen LogP contribution in [0.3, 0.4) is 0 Å². The van der Waals surface area contributed by atoms with Crippen LogP contribution in [0.4, 0.5) is 0 Å². The molecule has 72 valence electrons. The average Bonchev–Trinajstić information content (AvgIpc) is 2.03. The van der Waals surface area contributed by atoms with Crippen LogP contribution in [-0.4, -0.2) is 5.88 Å². The van der Waals surface area contributed by atoms with E-state index in [1.54, 1.807) is 0 Å². The Hall–Kier alpha value is 0.0300. The Morgan fingerprint density at radius 3 is 2.42 bits per heavy atom. The maximum atomic E-state index is 5.86. The van der Waals surface area contributed by atoms with Gasteiger partial charge in [-0.25, -0.2) is 0 Å². The van der Waals surface area contributed by atoms with Crippen molar-refractivity contribution in [3.8, 4) is 0 Å². The molecule has 0 nitrogen and oxygen atoms in total. The van der Waals surface area contributed by atoms with Gasteiger partial charge in [-0.2, -0.15) is 0 Å². The molecule has 0 N–H and O–H groups in total. The standard InChI is InChI=1S/C11H21Cl/c1-5-7-10(9-12)8-11(3,4)6-2/h5,10H,1,6-9H2,2-4H3. The minimum Gasteiger partial charge on any atom is -0.126 e. The highest BCUT2D eigenvalue weighted by atomic mass is 35.5. The third-order valence-corrected chi connectivity index (χ3v) is 2.95. The molecule has 0 saturated heterocycles. The van der Waals surface area contributed by atoms with E-state index in [0.717, 1.165) is 12.3 Å². The van der Waals surface area contributed by atoms with Crippen LogP contribution in [0.5, 0.6) is 0 Å². The zero-order valence-corrected chi connectivity index (χ0v) is 9.32. The monoisotopic (exact) mass is 188 g/mol. The third kappa shape index (κ3) is 4.82. The molecule has 1 heteroatoms. The van der Waals surface area contributed by atoms with Crippen molar-refractivity contribution in [1.82, 2.24) is 0 Å². The first-order chi connectivity index (χ1) is 5.55. The van der Waals surface area contributed by atoms with E-state index in [9.17, 15) is 0 Å². The maximum Gasteiger partial charge on any atom is 0.0254 e. The van der Waals surface area contributed by atoms with Gasteiger partial charge in [0, 0.05) is 5.88 Å². The van der Waals surface area contributed by atoms with Gasteiger partial charge in [-0.05, 0) is 24.2 Å². The molecule has 0 heterocycles. The van der Waals surface area contributed by atoms with Crippen LogP contribution in [0.15, 0.2) is 12.7 Å². The summed E-state index contributed by atoms with van der Waals surface area (Å²) < 4.78 is 0. The van der Waals surface area contributed by atoms with Crippen LogP contribution in [0.1, 0.15) is 40.0 Å². The molecule has 0 amide bonds. The zero-order valence-electron chi connectivity index (χ0n) is 8.57. The number of allylic oxidation sites excluding steroid dienone is 1. The van der Waals surface area contributed by atoms with Gasteiger partial charge in [-0.1, -0.05) is 33.3 Å². The van der Waals surface area contributed by atoms with E-state index in [1.807, 2.05) is 6.08 Å². The lowest BCUT2D eigenvalue weighted by atomic mass is 9.80. The summed E-state index contributed by atoms with van der Waals surface area (Å²) in [6.07, 6.45) is 5.45. The molecule has 0 aromatic heterocycles. The van der Waals surface area contributed by atoms with Crippen molar-refractivity contribution in [2.45, 2.75) is 40.0 Å². The van der Waals surface area contributed by atoms with E-state index in [0.29, 0.717) is 11.3 Å². The summed E-state index contributed by atoms with van der Waals surface area (Å²) >= 11 is 5.86. The fourth-order valence-electron chi connectivity index (χ4n) is 1.36. The predicted molar refractivity (Wildman–Crippen MR) is 57.7 cm³/mol. The van der Waals surface area contributed by atoms with Crippen LogP contribution in [0.2, 0.25) is 0 Å². The summed E-state index contributed by atoms with van der Waals surface area (Å²) in [6, 6.07) is 0. The van der Waals surface area contributed by atoms with Gasteiger partial charge >= 0.3 is 0 Å². The first kappa shape index (κ1) is 12.0. The van der Waals surface area contributed by atoms with Gasteiger partial charge in [0.25, 0.3) is 0 Å². The van der Waals surface area contributed by atoms with Gasteiger partial charge in [-0.15, -0.1) is 18.2 Å². The van der Waals surface area contributed by atoms with Gasteiger partial charge in [0.1, 0.15) is 0 Å². The minimum atomic E-state index is 0.433. The first-order valence-corrected chi connectivity index (χ1v) is 5.26. The molecule has 0 fully saturated rings. The topological polar surface area (TPSA) is 0 Å². The van der Waals surface area contributed by atoms with Crippen molar-refractivity contribution >= 4 is 11.6 Å². The molecule has 0 bridgehead atoms. The largest absolute Gasteiger partial charge is 0.126 e. The Labute approximate surface area is 82.0 Å². The second kappa shape index (κ2) is 5.64. The Morgan fingerprint density at radius 1 is 1.50 bits per heavy atom. The van der Waals surface area contributed by atoms with Crippen molar-refractivity contribution in [2.24, 2.45) is 11.3 Å². The molecule has 0 aromatic carbocycles. The highest BCUT2D eigenvalue weighted by Crippen LogP contribution is 2.30. The molecule has 0 rings (SSSR count). The molecule has 12 heavy (non-hydrogen) atoms. The first-order valence-electron chi connectivity index (χ1n) is 4.72. The quantitative estimate of drug-likeness (QED) is 0.432. The highest BCUT2D eigenvalue weighted by molar-refractivity contribution is 6.18. The van der Waals surface area contributed by atoms with E-state index >= 15 is 0 Å². The van der Waals surface area contributed by atoms with Gasteiger partial charge in [-0.3, -0.25) is 0 Å². The van der Waals surface area contributed by atoms with E-state index < -0.39 is 0 Å². The molecule has 1 unspecified atom stereocenters. The number of alkyl halides is 1. The summed E-state index contributed by atoms with van der Waals surface area (Å²) in [4.78, 5) is 0. The Bertz CT molecular complexity index is 127. The molecule has 0 aliphatic rings. The zero-order chi connectivity index (χ0) is 9.61. The molecule has 0 aromatic rings. The number of halogens is 1. The van der Waals surface area contributed by atoms with Gasteiger partial charge in [0.05, 0.1) is 0 Å². The molecular formula is C11H21Cl. The van der Waals surface area contributed by atoms with Crippen molar-refractivity contribution in [3.63, 3.8) is 0 Å². The van der Waals surface area contributed by atoms with Gasteiger partial charge in [0.2, 0.25) is 0 Å². The number of rotatable bonds is 6. The smallest absolute Gasteiger partial charge is 0.0254 e. The lowest BCUT2D eigenvalue weighted by molar-refractivity contribution is 0.269. The van der Waals surface area contributed by atoms with E-state index in [4.69, 9.17) is 11.6 Å². The Balaban J connectivity index is 3.91. The van der Waals surface area contributed by atoms with Gasteiger partial charge in [0.15, 0.2) is 0 Å². The van der Waals surface area contributed by atoms with E-state index in [2.05, 4.69) is 27.4 Å². The van der Waals surface area contributed by atoms with Gasteiger partial charge < -0.3 is 0 Å². The summed E-state index contributed by atoms with van der Waals surface area (Å²) in [7, 11) is 0. The van der Waals surface area contributed by atoms with E-state index in [-0.39, 0.29) is 0 Å². The molecule has 0 aliphatic heterocycles. The SMILES string of the molecule is C=CCC(CCl)CC(C)(C)CC. The summed E-state index contributed by atoms with van der Waals surface area (Å²) in [6.45, 7) is 10.6. The van der Waals surface area contributed by atoms with Crippen LogP contribution in [0, 0.1) is 11.3 Å². The normalized spacial score (nSPS) is 14.3. The molecule has 0 aliphatic carbocycles. The van der Waals surface area contributed by atoms with Crippen molar-refractivity contribution in [1.29, 1.82) is 0 Å². The molecule has 0 spiro atoms. The summed E-state index contributed by atoms with van der Waals surface area (Å²) in [5.41, 5.74) is 0.433. The Kier molecular flexibility index (Phi) is 5.65. The fourth-order valence-corrected chi connectivity index (χ4v) is 1.60. The second-order valence-electron chi connectivity index (χ2n) is 4.27. The summed E-state index contributed by atoms with van der Waals surface area (Å²) in [5, 5.41) is 0. The number of hydrogen-bond donors (Lipinski definition) is 0. The third-order valence-electron chi connectivity index (χ3n) is 2.52. The van der Waals surface area contributed by atoms with Crippen molar-refractivity contribution < 1.29 is 0 Å². The van der Waals surface area contributed by atoms with E-state index in [1.165, 1.54) is 12.8 Å². The molecule has 0 saturated carbocycles. The lowest BCUT2D eigenvalue weighted by Gasteiger charge is -2.26. The number of hydrogen-bond acceptors (Lipinski definition) is 0. The molecule has 0 radical (unpaired) electrons. The maximum absolute atomic E-state index is 5.86. The highest BCUT2D eigenvalue weighted by Gasteiger charge is 2.19. The fraction of sp³-hybridized carbons (Fsp3) is 0.818. The molecule has 1 atom stereocenters. The van der Waals surface area contributed by atoms with Crippen LogP contribution >= 0.6 is 11.6 Å². The second-order valence-corrected chi connectivity index (χ2v) is 4.58.